The lowest BCUT2D eigenvalue weighted by molar-refractivity contribution is 0.180. The van der Waals surface area contributed by atoms with Gasteiger partial charge in [0.05, 0.1) is 23.2 Å². The molecule has 1 aliphatic rings. The van der Waals surface area contributed by atoms with Crippen LogP contribution in [0.25, 0.3) is 0 Å². The molecule has 0 unspecified atom stereocenters. The van der Waals surface area contributed by atoms with Crippen molar-refractivity contribution in [2.75, 3.05) is 26.2 Å². The molecule has 3 heterocycles. The molecule has 9 heteroatoms. The van der Waals surface area contributed by atoms with E-state index in [9.17, 15) is 8.42 Å². The van der Waals surface area contributed by atoms with Gasteiger partial charge in [-0.1, -0.05) is 0 Å². The molecule has 1 aliphatic heterocycles. The maximum absolute atomic E-state index is 12.3. The van der Waals surface area contributed by atoms with Crippen molar-refractivity contribution in [3.63, 3.8) is 0 Å². The van der Waals surface area contributed by atoms with Crippen molar-refractivity contribution in [1.82, 2.24) is 24.2 Å². The predicted molar refractivity (Wildman–Crippen MR) is 79.5 cm³/mol. The number of nitrogens with one attached hydrogen (secondary N) is 1. The molecule has 0 aliphatic carbocycles. The first-order valence-corrected chi connectivity index (χ1v) is 8.99. The molecule has 2 aromatic heterocycles. The van der Waals surface area contributed by atoms with Crippen molar-refractivity contribution in [3.05, 3.63) is 28.6 Å². The van der Waals surface area contributed by atoms with Crippen LogP contribution in [0.3, 0.4) is 0 Å². The van der Waals surface area contributed by atoms with Crippen LogP contribution < -0.4 is 0 Å². The van der Waals surface area contributed by atoms with Crippen molar-refractivity contribution >= 4 is 21.4 Å². The Kier molecular flexibility index (Phi) is 4.07. The fraction of sp³-hybridized carbons (Fsp3) is 0.500. The minimum atomic E-state index is -3.44. The average molecular weight is 327 g/mol. The van der Waals surface area contributed by atoms with Crippen LogP contribution in [-0.2, 0) is 16.6 Å². The highest BCUT2D eigenvalue weighted by Gasteiger charge is 2.29. The molecule has 0 atom stereocenters. The Bertz CT molecular complexity index is 687. The standard InChI is InChI=1S/C12H17N5O2S2/c1-10-15-11(8-20-10)7-16-2-4-17(5-3-16)21(18,19)12-6-13-9-14-12/h6,8-9H,2-5,7H2,1H3,(H,13,14). The lowest BCUT2D eigenvalue weighted by Gasteiger charge is -2.33. The van der Waals surface area contributed by atoms with Gasteiger partial charge in [-0.2, -0.15) is 4.31 Å². The summed E-state index contributed by atoms with van der Waals surface area (Å²) in [5.74, 6) is 0. The van der Waals surface area contributed by atoms with Gasteiger partial charge in [0.15, 0.2) is 5.03 Å². The lowest BCUT2D eigenvalue weighted by atomic mass is 10.3. The quantitative estimate of drug-likeness (QED) is 0.893. The number of piperazine rings is 1. The first kappa shape index (κ1) is 14.6. The minimum absolute atomic E-state index is 0.158. The SMILES string of the molecule is Cc1nc(CN2CCN(S(=O)(=O)c3cnc[nH]3)CC2)cs1. The Balaban J connectivity index is 1.60. The first-order chi connectivity index (χ1) is 10.1. The highest BCUT2D eigenvalue weighted by atomic mass is 32.2. The summed E-state index contributed by atoms with van der Waals surface area (Å²) < 4.78 is 26.2. The number of hydrogen-bond acceptors (Lipinski definition) is 6. The molecule has 0 spiro atoms. The molecule has 3 rings (SSSR count). The number of aromatic nitrogens is 3. The van der Waals surface area contributed by atoms with Crippen LogP contribution in [0.15, 0.2) is 22.9 Å². The predicted octanol–water partition coefficient (Wildman–Crippen LogP) is 0.681. The van der Waals surface area contributed by atoms with Crippen LogP contribution in [-0.4, -0.2) is 58.8 Å². The molecule has 1 N–H and O–H groups in total. The molecule has 114 valence electrons. The Morgan fingerprint density at radius 3 is 2.67 bits per heavy atom. The second-order valence-electron chi connectivity index (χ2n) is 4.95. The fourth-order valence-corrected chi connectivity index (χ4v) is 4.28. The molecular weight excluding hydrogens is 310 g/mol. The van der Waals surface area contributed by atoms with Crippen molar-refractivity contribution < 1.29 is 8.42 Å². The fourth-order valence-electron chi connectivity index (χ4n) is 2.36. The molecule has 2 aromatic rings. The van der Waals surface area contributed by atoms with Crippen LogP contribution in [0.2, 0.25) is 0 Å². The van der Waals surface area contributed by atoms with Crippen molar-refractivity contribution in [3.8, 4) is 0 Å². The summed E-state index contributed by atoms with van der Waals surface area (Å²) in [6, 6.07) is 0. The van der Waals surface area contributed by atoms with Crippen LogP contribution >= 0.6 is 11.3 Å². The van der Waals surface area contributed by atoms with Crippen molar-refractivity contribution in [2.24, 2.45) is 0 Å². The van der Waals surface area contributed by atoms with Crippen molar-refractivity contribution in [1.29, 1.82) is 0 Å². The number of H-pyrrole nitrogens is 1. The molecule has 1 saturated heterocycles. The van der Waals surface area contributed by atoms with E-state index in [-0.39, 0.29) is 5.03 Å². The second kappa shape index (κ2) is 5.84. The van der Waals surface area contributed by atoms with Gasteiger partial charge in [0.25, 0.3) is 10.0 Å². The van der Waals surface area contributed by atoms with E-state index < -0.39 is 10.0 Å². The maximum atomic E-state index is 12.3. The van der Waals surface area contributed by atoms with Gasteiger partial charge >= 0.3 is 0 Å². The maximum Gasteiger partial charge on any atom is 0.260 e. The number of nitrogens with zero attached hydrogens (tertiary/aromatic N) is 4. The van der Waals surface area contributed by atoms with E-state index in [4.69, 9.17) is 0 Å². The summed E-state index contributed by atoms with van der Waals surface area (Å²) in [5, 5.41) is 3.28. The number of hydrogen-bond donors (Lipinski definition) is 1. The van der Waals surface area contributed by atoms with Gasteiger partial charge in [-0.05, 0) is 6.92 Å². The molecule has 0 radical (unpaired) electrons. The minimum Gasteiger partial charge on any atom is -0.335 e. The summed E-state index contributed by atoms with van der Waals surface area (Å²) >= 11 is 1.64. The topological polar surface area (TPSA) is 82.2 Å². The van der Waals surface area contributed by atoms with E-state index >= 15 is 0 Å². The Morgan fingerprint density at radius 2 is 2.10 bits per heavy atom. The van der Waals surface area contributed by atoms with Crippen LogP contribution in [0, 0.1) is 6.92 Å². The summed E-state index contributed by atoms with van der Waals surface area (Å²) in [5.41, 5.74) is 1.06. The third kappa shape index (κ3) is 3.15. The molecule has 0 amide bonds. The average Bonchev–Trinajstić information content (AvgIpc) is 3.11. The largest absolute Gasteiger partial charge is 0.335 e. The van der Waals surface area contributed by atoms with E-state index in [1.807, 2.05) is 6.92 Å². The van der Waals surface area contributed by atoms with Crippen molar-refractivity contribution in [2.45, 2.75) is 18.5 Å². The lowest BCUT2D eigenvalue weighted by Crippen LogP contribution is -2.48. The van der Waals surface area contributed by atoms with E-state index in [0.717, 1.165) is 17.2 Å². The smallest absolute Gasteiger partial charge is 0.260 e. The zero-order valence-electron chi connectivity index (χ0n) is 11.7. The zero-order valence-corrected chi connectivity index (χ0v) is 13.3. The van der Waals surface area contributed by atoms with Gasteiger partial charge in [0.1, 0.15) is 0 Å². The number of sulfonamides is 1. The highest BCUT2D eigenvalue weighted by Crippen LogP contribution is 2.17. The molecule has 7 nitrogen and oxygen atoms in total. The van der Waals surface area contributed by atoms with Gasteiger partial charge in [-0.25, -0.2) is 18.4 Å². The number of imidazole rings is 1. The zero-order chi connectivity index (χ0) is 14.9. The normalized spacial score (nSPS) is 18.1. The van der Waals surface area contributed by atoms with Gasteiger partial charge in [0, 0.05) is 38.1 Å². The van der Waals surface area contributed by atoms with E-state index in [0.29, 0.717) is 26.2 Å². The highest BCUT2D eigenvalue weighted by molar-refractivity contribution is 7.89. The van der Waals surface area contributed by atoms with E-state index in [1.165, 1.54) is 16.8 Å². The molecule has 0 bridgehead atoms. The second-order valence-corrected chi connectivity index (χ2v) is 7.92. The van der Waals surface area contributed by atoms with Gasteiger partial charge in [-0.3, -0.25) is 4.90 Å². The molecule has 1 fully saturated rings. The van der Waals surface area contributed by atoms with E-state index in [1.54, 1.807) is 11.3 Å². The monoisotopic (exact) mass is 327 g/mol. The Morgan fingerprint density at radius 1 is 1.33 bits per heavy atom. The Labute approximate surface area is 127 Å². The number of aromatic amines is 1. The molecule has 0 aromatic carbocycles. The van der Waals surface area contributed by atoms with Gasteiger partial charge in [0.2, 0.25) is 0 Å². The van der Waals surface area contributed by atoms with Crippen LogP contribution in [0.5, 0.6) is 0 Å². The third-order valence-electron chi connectivity index (χ3n) is 3.47. The van der Waals surface area contributed by atoms with Gasteiger partial charge < -0.3 is 4.98 Å². The van der Waals surface area contributed by atoms with E-state index in [2.05, 4.69) is 25.2 Å². The molecule has 21 heavy (non-hydrogen) atoms. The summed E-state index contributed by atoms with van der Waals surface area (Å²) in [7, 11) is -3.44. The van der Waals surface area contributed by atoms with Gasteiger partial charge in [-0.15, -0.1) is 11.3 Å². The van der Waals surface area contributed by atoms with Crippen LogP contribution in [0.4, 0.5) is 0 Å². The van der Waals surface area contributed by atoms with Crippen LogP contribution in [0.1, 0.15) is 10.7 Å². The summed E-state index contributed by atoms with van der Waals surface area (Å²) in [6.07, 6.45) is 2.73. The third-order valence-corrected chi connectivity index (χ3v) is 6.12. The Hall–Kier alpha value is -1.29. The number of rotatable bonds is 4. The first-order valence-electron chi connectivity index (χ1n) is 6.67. The molecular formula is C12H17N5O2S2. The summed E-state index contributed by atoms with van der Waals surface area (Å²) in [4.78, 5) is 13.1. The summed E-state index contributed by atoms with van der Waals surface area (Å²) in [6.45, 7) is 5.17. The molecule has 0 saturated carbocycles. The number of aryl methyl sites for hydroxylation is 1. The number of thiazole rings is 1.